The van der Waals surface area contributed by atoms with Crippen molar-refractivity contribution in [2.45, 2.75) is 142 Å². The highest BCUT2D eigenvalue weighted by atomic mass is 19.1. The summed E-state index contributed by atoms with van der Waals surface area (Å²) in [6.07, 6.45) is 27.2. The fraction of sp³-hybridized carbons (Fsp3) is 0.750. The van der Waals surface area contributed by atoms with Crippen LogP contribution >= 0.6 is 0 Å². The van der Waals surface area contributed by atoms with Crippen LogP contribution in [0.3, 0.4) is 0 Å². The predicted octanol–water partition coefficient (Wildman–Crippen LogP) is 10.7. The molecule has 2 aliphatic rings. The van der Waals surface area contributed by atoms with E-state index in [4.69, 9.17) is 4.74 Å². The molecule has 0 radical (unpaired) electrons. The second-order valence-corrected chi connectivity index (χ2v) is 11.3. The normalized spacial score (nSPS) is 19.0. The number of hydrogen-bond donors (Lipinski definition) is 0. The molecule has 192 valence electrons. The van der Waals surface area contributed by atoms with Gasteiger partial charge in [0, 0.05) is 0 Å². The van der Waals surface area contributed by atoms with E-state index in [1.165, 1.54) is 108 Å². The molecule has 0 N–H and O–H groups in total. The second-order valence-electron chi connectivity index (χ2n) is 11.3. The number of ether oxygens (including phenoxy) is 1. The quantitative estimate of drug-likeness (QED) is 0.183. The van der Waals surface area contributed by atoms with E-state index in [1.54, 1.807) is 11.6 Å². The molecule has 0 heterocycles. The maximum atomic E-state index is 15.0. The lowest BCUT2D eigenvalue weighted by Crippen LogP contribution is -2.25. The van der Waals surface area contributed by atoms with Crippen molar-refractivity contribution in [1.82, 2.24) is 0 Å². The summed E-state index contributed by atoms with van der Waals surface area (Å²) in [7, 11) is 0. The average Bonchev–Trinajstić information content (AvgIpc) is 2.87. The first-order chi connectivity index (χ1) is 16.7. The topological polar surface area (TPSA) is 9.23 Å². The molecule has 1 unspecified atom stereocenters. The van der Waals surface area contributed by atoms with Crippen molar-refractivity contribution >= 4 is 0 Å². The minimum atomic E-state index is -0.178. The molecule has 0 amide bonds. The largest absolute Gasteiger partial charge is 0.491 e. The number of halogens is 1. The minimum Gasteiger partial charge on any atom is -0.491 e. The van der Waals surface area contributed by atoms with Crippen molar-refractivity contribution in [2.24, 2.45) is 5.41 Å². The van der Waals surface area contributed by atoms with E-state index in [0.29, 0.717) is 23.7 Å². The summed E-state index contributed by atoms with van der Waals surface area (Å²) in [5.41, 5.74) is 3.33. The third kappa shape index (κ3) is 8.72. The highest BCUT2D eigenvalue weighted by molar-refractivity contribution is 5.32. The Kier molecular flexibility index (Phi) is 12.0. The number of benzene rings is 1. The van der Waals surface area contributed by atoms with E-state index in [0.717, 1.165) is 19.3 Å². The van der Waals surface area contributed by atoms with Crippen molar-refractivity contribution in [3.05, 3.63) is 41.2 Å². The Morgan fingerprint density at radius 1 is 0.912 bits per heavy atom. The third-order valence-electron chi connectivity index (χ3n) is 8.57. The lowest BCUT2D eigenvalue weighted by atomic mass is 9.66. The lowest BCUT2D eigenvalue weighted by Gasteiger charge is -2.39. The Labute approximate surface area is 209 Å². The van der Waals surface area contributed by atoms with Gasteiger partial charge in [-0.25, -0.2) is 4.39 Å². The summed E-state index contributed by atoms with van der Waals surface area (Å²) < 4.78 is 20.7. The summed E-state index contributed by atoms with van der Waals surface area (Å²) in [5, 5.41) is 0. The fourth-order valence-corrected chi connectivity index (χ4v) is 6.34. The van der Waals surface area contributed by atoms with Crippen molar-refractivity contribution < 1.29 is 9.13 Å². The minimum absolute atomic E-state index is 0.178. The molecule has 1 aromatic rings. The Morgan fingerprint density at radius 2 is 1.74 bits per heavy atom. The molecule has 0 saturated heterocycles. The van der Waals surface area contributed by atoms with Gasteiger partial charge in [0.2, 0.25) is 0 Å². The highest BCUT2D eigenvalue weighted by Crippen LogP contribution is 2.47. The van der Waals surface area contributed by atoms with Crippen LogP contribution in [0.5, 0.6) is 5.75 Å². The first-order valence-corrected chi connectivity index (χ1v) is 14.8. The molecule has 1 nitrogen and oxygen atoms in total. The number of rotatable bonds is 15. The third-order valence-corrected chi connectivity index (χ3v) is 8.57. The molecule has 0 spiro atoms. The first kappa shape index (κ1) is 27.3. The predicted molar refractivity (Wildman–Crippen MR) is 144 cm³/mol. The zero-order chi connectivity index (χ0) is 24.1. The van der Waals surface area contributed by atoms with Crippen LogP contribution in [0.1, 0.15) is 147 Å². The van der Waals surface area contributed by atoms with E-state index in [-0.39, 0.29) is 5.82 Å². The Balaban J connectivity index is 1.71. The maximum absolute atomic E-state index is 15.0. The molecule has 2 heteroatoms. The van der Waals surface area contributed by atoms with Crippen LogP contribution in [-0.4, -0.2) is 6.61 Å². The summed E-state index contributed by atoms with van der Waals surface area (Å²) in [6, 6.07) is 5.85. The smallest absolute Gasteiger partial charge is 0.165 e. The van der Waals surface area contributed by atoms with Crippen molar-refractivity contribution in [3.8, 4) is 5.75 Å². The molecule has 0 aliphatic heterocycles. The average molecular weight is 471 g/mol. The Morgan fingerprint density at radius 3 is 2.44 bits per heavy atom. The van der Waals surface area contributed by atoms with E-state index in [9.17, 15) is 4.39 Å². The van der Waals surface area contributed by atoms with Gasteiger partial charge in [0.25, 0.3) is 0 Å². The first-order valence-electron chi connectivity index (χ1n) is 14.8. The van der Waals surface area contributed by atoms with E-state index < -0.39 is 0 Å². The molecule has 1 fully saturated rings. The van der Waals surface area contributed by atoms with Gasteiger partial charge in [-0.15, -0.1) is 0 Å². The Bertz CT molecular complexity index is 731. The molecule has 1 saturated carbocycles. The van der Waals surface area contributed by atoms with Crippen molar-refractivity contribution in [1.29, 1.82) is 0 Å². The zero-order valence-electron chi connectivity index (χ0n) is 22.3. The SMILES string of the molecule is CCCCCCC1(CCC(CC2=CCCCC2)c2ccc(OCCCC)c(F)c2)CCCCC1. The van der Waals surface area contributed by atoms with Gasteiger partial charge in [-0.2, -0.15) is 0 Å². The standard InChI is InChI=1S/C32H51FO/c1-3-5-7-12-20-32(21-13-9-14-22-32)23-19-29(25-27-15-10-8-11-16-27)28-17-18-31(30(33)26-28)34-24-6-4-2/h15,17-18,26,29H,3-14,16,19-25H2,1-2H3. The van der Waals surface area contributed by atoms with Crippen molar-refractivity contribution in [2.75, 3.05) is 6.61 Å². The molecule has 0 bridgehead atoms. The summed E-state index contributed by atoms with van der Waals surface area (Å²) in [4.78, 5) is 0. The fourth-order valence-electron chi connectivity index (χ4n) is 6.34. The van der Waals surface area contributed by atoms with Crippen LogP contribution in [0.25, 0.3) is 0 Å². The molecule has 1 aromatic carbocycles. The van der Waals surface area contributed by atoms with E-state index >= 15 is 0 Å². The molecular formula is C32H51FO. The molecule has 2 aliphatic carbocycles. The van der Waals surface area contributed by atoms with E-state index in [1.807, 2.05) is 6.07 Å². The van der Waals surface area contributed by atoms with Gasteiger partial charge in [-0.05, 0) is 99.7 Å². The molecule has 3 rings (SSSR count). The Hall–Kier alpha value is -1.31. The van der Waals surface area contributed by atoms with Gasteiger partial charge in [0.1, 0.15) is 0 Å². The monoisotopic (exact) mass is 470 g/mol. The molecule has 1 atom stereocenters. The van der Waals surface area contributed by atoms with Crippen LogP contribution in [0.2, 0.25) is 0 Å². The molecular weight excluding hydrogens is 419 g/mol. The van der Waals surface area contributed by atoms with Gasteiger partial charge < -0.3 is 4.74 Å². The lowest BCUT2D eigenvalue weighted by molar-refractivity contribution is 0.144. The zero-order valence-corrected chi connectivity index (χ0v) is 22.3. The molecule has 0 aromatic heterocycles. The van der Waals surface area contributed by atoms with Crippen LogP contribution in [0.15, 0.2) is 29.8 Å². The maximum Gasteiger partial charge on any atom is 0.165 e. The van der Waals surface area contributed by atoms with Crippen LogP contribution in [-0.2, 0) is 0 Å². The van der Waals surface area contributed by atoms with Gasteiger partial charge >= 0.3 is 0 Å². The number of hydrogen-bond acceptors (Lipinski definition) is 1. The highest BCUT2D eigenvalue weighted by Gasteiger charge is 2.32. The summed E-state index contributed by atoms with van der Waals surface area (Å²) in [6.45, 7) is 5.04. The van der Waals surface area contributed by atoms with Gasteiger partial charge in [-0.1, -0.05) is 82.9 Å². The van der Waals surface area contributed by atoms with Gasteiger partial charge in [-0.3, -0.25) is 0 Å². The van der Waals surface area contributed by atoms with Crippen LogP contribution in [0, 0.1) is 11.2 Å². The van der Waals surface area contributed by atoms with Crippen molar-refractivity contribution in [3.63, 3.8) is 0 Å². The van der Waals surface area contributed by atoms with Gasteiger partial charge in [0.05, 0.1) is 6.61 Å². The van der Waals surface area contributed by atoms with Crippen LogP contribution in [0.4, 0.5) is 4.39 Å². The summed E-state index contributed by atoms with van der Waals surface area (Å²) in [5.74, 6) is 0.675. The summed E-state index contributed by atoms with van der Waals surface area (Å²) >= 11 is 0. The number of allylic oxidation sites excluding steroid dienone is 2. The van der Waals surface area contributed by atoms with Gasteiger partial charge in [0.15, 0.2) is 11.6 Å². The molecule has 34 heavy (non-hydrogen) atoms. The number of unbranched alkanes of at least 4 members (excludes halogenated alkanes) is 4. The van der Waals surface area contributed by atoms with E-state index in [2.05, 4.69) is 26.0 Å². The second kappa shape index (κ2) is 14.9. The van der Waals surface area contributed by atoms with Crippen LogP contribution < -0.4 is 4.74 Å².